The van der Waals surface area contributed by atoms with Gasteiger partial charge in [-0.2, -0.15) is 0 Å². The van der Waals surface area contributed by atoms with Gasteiger partial charge in [-0.3, -0.25) is 0 Å². The van der Waals surface area contributed by atoms with Crippen molar-refractivity contribution in [2.45, 2.75) is 26.5 Å². The highest BCUT2D eigenvalue weighted by atomic mass is 79.9. The van der Waals surface area contributed by atoms with Gasteiger partial charge < -0.3 is 14.8 Å². The summed E-state index contributed by atoms with van der Waals surface area (Å²) in [6, 6.07) is 19.1. The van der Waals surface area contributed by atoms with E-state index in [-0.39, 0.29) is 5.82 Å². The topological polar surface area (TPSA) is 30.5 Å². The zero-order chi connectivity index (χ0) is 20.6. The summed E-state index contributed by atoms with van der Waals surface area (Å²) < 4.78 is 26.1. The van der Waals surface area contributed by atoms with Crippen LogP contribution >= 0.6 is 15.9 Å². The highest BCUT2D eigenvalue weighted by molar-refractivity contribution is 9.10. The Morgan fingerprint density at radius 3 is 2.48 bits per heavy atom. The van der Waals surface area contributed by atoms with Gasteiger partial charge in [-0.1, -0.05) is 48.0 Å². The summed E-state index contributed by atoms with van der Waals surface area (Å²) in [6.45, 7) is 3.87. The Morgan fingerprint density at radius 2 is 1.76 bits per heavy atom. The van der Waals surface area contributed by atoms with Crippen molar-refractivity contribution in [3.8, 4) is 11.5 Å². The van der Waals surface area contributed by atoms with Crippen LogP contribution in [-0.4, -0.2) is 13.7 Å². The maximum absolute atomic E-state index is 13.7. The summed E-state index contributed by atoms with van der Waals surface area (Å²) in [7, 11) is 1.63. The number of methoxy groups -OCH3 is 1. The van der Waals surface area contributed by atoms with Gasteiger partial charge in [0, 0.05) is 6.54 Å². The van der Waals surface area contributed by atoms with Crippen molar-refractivity contribution >= 4 is 15.9 Å². The van der Waals surface area contributed by atoms with Crippen LogP contribution < -0.4 is 14.8 Å². The normalized spacial score (nSPS) is 10.8. The summed E-state index contributed by atoms with van der Waals surface area (Å²) in [4.78, 5) is 0. The summed E-state index contributed by atoms with van der Waals surface area (Å²) in [6.07, 6.45) is 0.642. The lowest BCUT2D eigenvalue weighted by molar-refractivity contribution is 0.282. The van der Waals surface area contributed by atoms with Crippen molar-refractivity contribution in [3.63, 3.8) is 0 Å². The first-order chi connectivity index (χ1) is 14.1. The highest BCUT2D eigenvalue weighted by Gasteiger charge is 2.12. The Balaban J connectivity index is 1.58. The lowest BCUT2D eigenvalue weighted by atomic mass is 10.1. The molecule has 0 atom stereocenters. The molecule has 3 aromatic rings. The number of aryl methyl sites for hydroxylation is 1. The van der Waals surface area contributed by atoms with E-state index in [4.69, 9.17) is 9.47 Å². The Bertz CT molecular complexity index is 944. The van der Waals surface area contributed by atoms with E-state index in [0.717, 1.165) is 21.2 Å². The predicted octanol–water partition coefficient (Wildman–Crippen LogP) is 5.82. The lowest BCUT2D eigenvalue weighted by Gasteiger charge is -2.15. The second-order valence-corrected chi connectivity index (χ2v) is 7.76. The third-order valence-corrected chi connectivity index (χ3v) is 5.24. The average molecular weight is 458 g/mol. The highest BCUT2D eigenvalue weighted by Crippen LogP contribution is 2.37. The van der Waals surface area contributed by atoms with Gasteiger partial charge in [0.15, 0.2) is 11.5 Å². The fourth-order valence-electron chi connectivity index (χ4n) is 3.01. The predicted molar refractivity (Wildman–Crippen MR) is 118 cm³/mol. The van der Waals surface area contributed by atoms with Gasteiger partial charge in [-0.25, -0.2) is 4.39 Å². The molecular formula is C24H25BrFNO2. The van der Waals surface area contributed by atoms with E-state index >= 15 is 0 Å². The first-order valence-electron chi connectivity index (χ1n) is 9.55. The molecular weight excluding hydrogens is 433 g/mol. The van der Waals surface area contributed by atoms with Crippen molar-refractivity contribution in [2.24, 2.45) is 0 Å². The lowest BCUT2D eigenvalue weighted by Crippen LogP contribution is -2.17. The van der Waals surface area contributed by atoms with E-state index in [2.05, 4.69) is 52.4 Å². The van der Waals surface area contributed by atoms with Crippen LogP contribution in [0.2, 0.25) is 0 Å². The first kappa shape index (κ1) is 21.3. The van der Waals surface area contributed by atoms with Crippen molar-refractivity contribution in [2.75, 3.05) is 13.7 Å². The zero-order valence-electron chi connectivity index (χ0n) is 16.7. The molecule has 5 heteroatoms. The van der Waals surface area contributed by atoms with Crippen LogP contribution in [0.25, 0.3) is 0 Å². The number of nitrogens with one attached hydrogen (secondary N) is 1. The van der Waals surface area contributed by atoms with Gasteiger partial charge >= 0.3 is 0 Å². The largest absolute Gasteiger partial charge is 0.493 e. The van der Waals surface area contributed by atoms with Crippen molar-refractivity contribution in [1.29, 1.82) is 0 Å². The van der Waals surface area contributed by atoms with Crippen molar-refractivity contribution in [3.05, 3.63) is 93.2 Å². The summed E-state index contributed by atoms with van der Waals surface area (Å²) in [5.41, 5.74) is 4.10. The van der Waals surface area contributed by atoms with Gasteiger partial charge in [-0.15, -0.1) is 0 Å². The minimum Gasteiger partial charge on any atom is -0.493 e. The third-order valence-electron chi connectivity index (χ3n) is 4.65. The van der Waals surface area contributed by atoms with E-state index in [1.807, 2.05) is 24.3 Å². The molecule has 0 amide bonds. The number of hydrogen-bond acceptors (Lipinski definition) is 3. The summed E-state index contributed by atoms with van der Waals surface area (Å²) in [5, 5.41) is 3.35. The van der Waals surface area contributed by atoms with E-state index in [1.165, 1.54) is 11.6 Å². The SMILES string of the molecule is COc1cc(CNCCc2ccccc2F)cc(Br)c1OCc1ccc(C)cc1. The molecule has 0 aromatic heterocycles. The number of rotatable bonds is 9. The molecule has 0 fully saturated rings. The second kappa shape index (κ2) is 10.4. The van der Waals surface area contributed by atoms with Crippen LogP contribution in [0, 0.1) is 12.7 Å². The molecule has 3 rings (SSSR count). The van der Waals surface area contributed by atoms with E-state index < -0.39 is 0 Å². The number of benzene rings is 3. The van der Waals surface area contributed by atoms with Crippen LogP contribution in [0.3, 0.4) is 0 Å². The Kier molecular flexibility index (Phi) is 7.67. The molecule has 152 valence electrons. The van der Waals surface area contributed by atoms with Crippen molar-refractivity contribution < 1.29 is 13.9 Å². The van der Waals surface area contributed by atoms with Crippen LogP contribution in [0.4, 0.5) is 4.39 Å². The number of ether oxygens (including phenoxy) is 2. The van der Waals surface area contributed by atoms with Gasteiger partial charge in [0.05, 0.1) is 11.6 Å². The zero-order valence-corrected chi connectivity index (χ0v) is 18.3. The maximum Gasteiger partial charge on any atom is 0.175 e. The number of halogens is 2. The summed E-state index contributed by atoms with van der Waals surface area (Å²) >= 11 is 3.60. The molecule has 0 aliphatic carbocycles. The molecule has 0 saturated heterocycles. The number of hydrogen-bond donors (Lipinski definition) is 1. The minimum atomic E-state index is -0.159. The Labute approximate surface area is 180 Å². The monoisotopic (exact) mass is 457 g/mol. The maximum atomic E-state index is 13.7. The van der Waals surface area contributed by atoms with Gasteiger partial charge in [0.25, 0.3) is 0 Å². The molecule has 3 aromatic carbocycles. The smallest absolute Gasteiger partial charge is 0.175 e. The Morgan fingerprint density at radius 1 is 1.00 bits per heavy atom. The molecule has 0 aliphatic rings. The molecule has 0 radical (unpaired) electrons. The quantitative estimate of drug-likeness (QED) is 0.410. The molecule has 0 spiro atoms. The fraction of sp³-hybridized carbons (Fsp3) is 0.250. The Hall–Kier alpha value is -2.37. The third kappa shape index (κ3) is 6.05. The molecule has 0 saturated carbocycles. The van der Waals surface area contributed by atoms with Crippen LogP contribution in [0.1, 0.15) is 22.3 Å². The van der Waals surface area contributed by atoms with Gasteiger partial charge in [0.1, 0.15) is 12.4 Å². The minimum absolute atomic E-state index is 0.159. The molecule has 0 bridgehead atoms. The molecule has 1 N–H and O–H groups in total. The first-order valence-corrected chi connectivity index (χ1v) is 10.3. The molecule has 3 nitrogen and oxygen atoms in total. The fourth-order valence-corrected chi connectivity index (χ4v) is 3.62. The van der Waals surface area contributed by atoms with E-state index in [1.54, 1.807) is 13.2 Å². The van der Waals surface area contributed by atoms with Crippen molar-refractivity contribution in [1.82, 2.24) is 5.32 Å². The van der Waals surface area contributed by atoms with E-state index in [0.29, 0.717) is 37.6 Å². The molecule has 0 heterocycles. The molecule has 29 heavy (non-hydrogen) atoms. The second-order valence-electron chi connectivity index (χ2n) is 6.90. The van der Waals surface area contributed by atoms with Gasteiger partial charge in [0.2, 0.25) is 0 Å². The van der Waals surface area contributed by atoms with Crippen LogP contribution in [-0.2, 0) is 19.6 Å². The molecule has 0 unspecified atom stereocenters. The average Bonchev–Trinajstić information content (AvgIpc) is 2.72. The van der Waals surface area contributed by atoms with Crippen LogP contribution in [0.5, 0.6) is 11.5 Å². The van der Waals surface area contributed by atoms with E-state index in [9.17, 15) is 4.39 Å². The van der Waals surface area contributed by atoms with Crippen LogP contribution in [0.15, 0.2) is 65.1 Å². The summed E-state index contributed by atoms with van der Waals surface area (Å²) in [5.74, 6) is 1.20. The molecule has 0 aliphatic heterocycles. The standard InChI is InChI=1S/C24H25BrFNO2/c1-17-7-9-18(10-8-17)16-29-24-21(25)13-19(14-23(24)28-2)15-27-12-11-20-5-3-4-6-22(20)26/h3-10,13-14,27H,11-12,15-16H2,1-2H3. The van der Waals surface area contributed by atoms with Gasteiger partial charge in [-0.05, 0) is 70.7 Å².